The van der Waals surface area contributed by atoms with Gasteiger partial charge >= 0.3 is 0 Å². The molecule has 90 valence electrons. The van der Waals surface area contributed by atoms with Gasteiger partial charge in [0.2, 0.25) is 0 Å². The molecule has 0 spiro atoms. The molecule has 0 heterocycles. The third kappa shape index (κ3) is 4.29. The molecule has 0 atom stereocenters. The Hall–Kier alpha value is -0.930. The molecule has 0 radical (unpaired) electrons. The van der Waals surface area contributed by atoms with E-state index >= 15 is 0 Å². The molecule has 0 aliphatic carbocycles. The van der Waals surface area contributed by atoms with E-state index in [2.05, 4.69) is 24.1 Å². The summed E-state index contributed by atoms with van der Waals surface area (Å²) in [6.07, 6.45) is 0. The summed E-state index contributed by atoms with van der Waals surface area (Å²) in [4.78, 5) is 2.19. The standard InChI is InChI=1S/C13H21FN2/c1-13(2,15-3)10-16(4)9-11-6-5-7-12(14)8-11/h5-8,15H,9-10H2,1-4H3. The summed E-state index contributed by atoms with van der Waals surface area (Å²) in [5, 5.41) is 3.25. The summed E-state index contributed by atoms with van der Waals surface area (Å²) in [5.74, 6) is -0.168. The van der Waals surface area contributed by atoms with Crippen molar-refractivity contribution in [2.24, 2.45) is 0 Å². The lowest BCUT2D eigenvalue weighted by atomic mass is 10.1. The third-order valence-corrected chi connectivity index (χ3v) is 2.68. The van der Waals surface area contributed by atoms with E-state index in [0.29, 0.717) is 0 Å². The molecule has 0 aliphatic heterocycles. The van der Waals surface area contributed by atoms with Gasteiger partial charge in [0.05, 0.1) is 0 Å². The second kappa shape index (κ2) is 5.41. The second-order valence-corrected chi connectivity index (χ2v) is 4.94. The molecule has 1 rings (SSSR count). The summed E-state index contributed by atoms with van der Waals surface area (Å²) in [6.45, 7) is 5.98. The molecule has 0 aliphatic rings. The molecule has 0 bridgehead atoms. The van der Waals surface area contributed by atoms with Gasteiger partial charge in [0.25, 0.3) is 0 Å². The van der Waals surface area contributed by atoms with Crippen molar-refractivity contribution in [3.05, 3.63) is 35.6 Å². The molecule has 1 aromatic carbocycles. The van der Waals surface area contributed by atoms with Crippen LogP contribution in [0.2, 0.25) is 0 Å². The zero-order valence-corrected chi connectivity index (χ0v) is 10.5. The lowest BCUT2D eigenvalue weighted by Crippen LogP contribution is -2.46. The maximum atomic E-state index is 13.0. The normalized spacial score (nSPS) is 12.1. The van der Waals surface area contributed by atoms with Gasteiger partial charge in [0.1, 0.15) is 5.82 Å². The highest BCUT2D eigenvalue weighted by Gasteiger charge is 2.17. The van der Waals surface area contributed by atoms with Crippen LogP contribution in [0.15, 0.2) is 24.3 Å². The minimum absolute atomic E-state index is 0.0715. The number of hydrogen-bond acceptors (Lipinski definition) is 2. The Kier molecular flexibility index (Phi) is 4.44. The zero-order chi connectivity index (χ0) is 12.2. The van der Waals surface area contributed by atoms with Crippen LogP contribution in [0.5, 0.6) is 0 Å². The first-order chi connectivity index (χ1) is 7.43. The molecule has 0 unspecified atom stereocenters. The topological polar surface area (TPSA) is 15.3 Å². The van der Waals surface area contributed by atoms with Crippen LogP contribution >= 0.6 is 0 Å². The lowest BCUT2D eigenvalue weighted by Gasteiger charge is -2.30. The smallest absolute Gasteiger partial charge is 0.123 e. The predicted molar refractivity (Wildman–Crippen MR) is 65.9 cm³/mol. The quantitative estimate of drug-likeness (QED) is 0.825. The first-order valence-electron chi connectivity index (χ1n) is 5.55. The SMILES string of the molecule is CNC(C)(C)CN(C)Cc1cccc(F)c1. The van der Waals surface area contributed by atoms with Gasteiger partial charge in [-0.2, -0.15) is 0 Å². The molecule has 0 saturated heterocycles. The van der Waals surface area contributed by atoms with Gasteiger partial charge in [-0.3, -0.25) is 0 Å². The number of nitrogens with one attached hydrogen (secondary N) is 1. The Morgan fingerprint density at radius 2 is 2.06 bits per heavy atom. The Morgan fingerprint density at radius 3 is 2.62 bits per heavy atom. The van der Waals surface area contributed by atoms with Gasteiger partial charge in [0.15, 0.2) is 0 Å². The van der Waals surface area contributed by atoms with Crippen molar-refractivity contribution >= 4 is 0 Å². The van der Waals surface area contributed by atoms with E-state index in [0.717, 1.165) is 18.7 Å². The fourth-order valence-corrected chi connectivity index (χ4v) is 1.76. The van der Waals surface area contributed by atoms with E-state index in [9.17, 15) is 4.39 Å². The van der Waals surface area contributed by atoms with Gasteiger partial charge in [-0.05, 0) is 45.6 Å². The minimum Gasteiger partial charge on any atom is -0.314 e. The van der Waals surface area contributed by atoms with E-state index in [1.54, 1.807) is 12.1 Å². The lowest BCUT2D eigenvalue weighted by molar-refractivity contribution is 0.238. The summed E-state index contributed by atoms with van der Waals surface area (Å²) < 4.78 is 13.0. The molecule has 3 heteroatoms. The van der Waals surface area contributed by atoms with Crippen LogP contribution < -0.4 is 5.32 Å². The summed E-state index contributed by atoms with van der Waals surface area (Å²) in [7, 11) is 4.00. The number of hydrogen-bond donors (Lipinski definition) is 1. The molecule has 0 aromatic heterocycles. The average molecular weight is 224 g/mol. The molecule has 1 N–H and O–H groups in total. The zero-order valence-electron chi connectivity index (χ0n) is 10.5. The van der Waals surface area contributed by atoms with Crippen molar-refractivity contribution in [3.8, 4) is 0 Å². The number of nitrogens with zero attached hydrogens (tertiary/aromatic N) is 1. The highest BCUT2D eigenvalue weighted by atomic mass is 19.1. The van der Waals surface area contributed by atoms with Crippen LogP contribution in [0.3, 0.4) is 0 Å². The van der Waals surface area contributed by atoms with Gasteiger partial charge in [-0.1, -0.05) is 12.1 Å². The number of benzene rings is 1. The second-order valence-electron chi connectivity index (χ2n) is 4.94. The maximum Gasteiger partial charge on any atom is 0.123 e. The molecule has 16 heavy (non-hydrogen) atoms. The van der Waals surface area contributed by atoms with Gasteiger partial charge < -0.3 is 10.2 Å². The van der Waals surface area contributed by atoms with E-state index < -0.39 is 0 Å². The number of rotatable bonds is 5. The minimum atomic E-state index is -0.168. The van der Waals surface area contributed by atoms with E-state index in [1.807, 2.05) is 20.2 Å². The summed E-state index contributed by atoms with van der Waals surface area (Å²) >= 11 is 0. The predicted octanol–water partition coefficient (Wildman–Crippen LogP) is 2.26. The van der Waals surface area contributed by atoms with Crippen LogP contribution in [0.1, 0.15) is 19.4 Å². The summed E-state index contributed by atoms with van der Waals surface area (Å²) in [5.41, 5.74) is 1.08. The Morgan fingerprint density at radius 1 is 1.38 bits per heavy atom. The summed E-state index contributed by atoms with van der Waals surface area (Å²) in [6, 6.07) is 6.76. The third-order valence-electron chi connectivity index (χ3n) is 2.68. The van der Waals surface area contributed by atoms with Crippen molar-refractivity contribution in [1.29, 1.82) is 0 Å². The van der Waals surface area contributed by atoms with Gasteiger partial charge in [0, 0.05) is 18.6 Å². The molecule has 0 saturated carbocycles. The van der Waals surface area contributed by atoms with E-state index in [-0.39, 0.29) is 11.4 Å². The molecule has 2 nitrogen and oxygen atoms in total. The average Bonchev–Trinajstić information content (AvgIpc) is 2.16. The first-order valence-corrected chi connectivity index (χ1v) is 5.55. The van der Waals surface area contributed by atoms with Crippen molar-refractivity contribution in [2.75, 3.05) is 20.6 Å². The van der Waals surface area contributed by atoms with Crippen LogP contribution in [0, 0.1) is 5.82 Å². The van der Waals surface area contributed by atoms with Gasteiger partial charge in [-0.25, -0.2) is 4.39 Å². The van der Waals surface area contributed by atoms with E-state index in [1.165, 1.54) is 6.07 Å². The van der Waals surface area contributed by atoms with Gasteiger partial charge in [-0.15, -0.1) is 0 Å². The molecule has 0 amide bonds. The molecular weight excluding hydrogens is 203 g/mol. The fraction of sp³-hybridized carbons (Fsp3) is 0.538. The van der Waals surface area contributed by atoms with Crippen LogP contribution in [0.4, 0.5) is 4.39 Å². The van der Waals surface area contributed by atoms with Crippen molar-refractivity contribution in [1.82, 2.24) is 10.2 Å². The number of likely N-dealkylation sites (N-methyl/N-ethyl adjacent to an activating group) is 2. The Balaban J connectivity index is 2.55. The highest BCUT2D eigenvalue weighted by Crippen LogP contribution is 2.09. The molecule has 0 fully saturated rings. The maximum absolute atomic E-state index is 13.0. The van der Waals surface area contributed by atoms with E-state index in [4.69, 9.17) is 0 Å². The largest absolute Gasteiger partial charge is 0.314 e. The monoisotopic (exact) mass is 224 g/mol. The molecule has 1 aromatic rings. The van der Waals surface area contributed by atoms with Crippen LogP contribution in [0.25, 0.3) is 0 Å². The van der Waals surface area contributed by atoms with Crippen molar-refractivity contribution < 1.29 is 4.39 Å². The Bertz CT molecular complexity index is 336. The fourth-order valence-electron chi connectivity index (χ4n) is 1.76. The van der Waals surface area contributed by atoms with Crippen molar-refractivity contribution in [3.63, 3.8) is 0 Å². The molecular formula is C13H21FN2. The van der Waals surface area contributed by atoms with Crippen LogP contribution in [-0.4, -0.2) is 31.1 Å². The first kappa shape index (κ1) is 13.1. The number of halogens is 1. The Labute approximate surface area is 97.5 Å². The highest BCUT2D eigenvalue weighted by molar-refractivity contribution is 5.16. The van der Waals surface area contributed by atoms with Crippen LogP contribution in [-0.2, 0) is 6.54 Å². The van der Waals surface area contributed by atoms with Crippen molar-refractivity contribution in [2.45, 2.75) is 25.9 Å².